The van der Waals surface area contributed by atoms with Crippen LogP contribution in [0, 0.1) is 18.7 Å². The largest absolute Gasteiger partial charge is 0.310 e. The molecule has 1 unspecified atom stereocenters. The van der Waals surface area contributed by atoms with Gasteiger partial charge in [0, 0.05) is 11.6 Å². The van der Waals surface area contributed by atoms with Crippen molar-refractivity contribution in [2.24, 2.45) is 5.92 Å². The first-order valence-electron chi connectivity index (χ1n) is 6.70. The number of rotatable bonds is 5. The highest BCUT2D eigenvalue weighted by Gasteiger charge is 2.24. The SMILES string of the molecule is CCNC(CC1CCC1)c1cccc(C)c1F. The summed E-state index contributed by atoms with van der Waals surface area (Å²) < 4.78 is 14.1. The molecule has 17 heavy (non-hydrogen) atoms. The Hall–Kier alpha value is -0.890. The van der Waals surface area contributed by atoms with E-state index in [1.54, 1.807) is 0 Å². The Morgan fingerprint density at radius 2 is 2.18 bits per heavy atom. The first-order valence-corrected chi connectivity index (χ1v) is 6.70. The van der Waals surface area contributed by atoms with Crippen molar-refractivity contribution in [3.05, 3.63) is 35.1 Å². The van der Waals surface area contributed by atoms with Crippen LogP contribution in [-0.4, -0.2) is 6.54 Å². The van der Waals surface area contributed by atoms with Gasteiger partial charge in [-0.2, -0.15) is 0 Å². The van der Waals surface area contributed by atoms with Crippen LogP contribution in [0.3, 0.4) is 0 Å². The van der Waals surface area contributed by atoms with Crippen molar-refractivity contribution in [2.75, 3.05) is 6.54 Å². The number of aryl methyl sites for hydroxylation is 1. The van der Waals surface area contributed by atoms with Gasteiger partial charge in [-0.15, -0.1) is 0 Å². The molecule has 1 nitrogen and oxygen atoms in total. The van der Waals surface area contributed by atoms with Gasteiger partial charge in [-0.3, -0.25) is 0 Å². The Kier molecular flexibility index (Phi) is 4.16. The van der Waals surface area contributed by atoms with E-state index in [-0.39, 0.29) is 11.9 Å². The van der Waals surface area contributed by atoms with Crippen LogP contribution in [0.25, 0.3) is 0 Å². The van der Waals surface area contributed by atoms with Gasteiger partial charge < -0.3 is 5.32 Å². The minimum absolute atomic E-state index is 0.0298. The normalized spacial score (nSPS) is 17.8. The maximum Gasteiger partial charge on any atom is 0.130 e. The van der Waals surface area contributed by atoms with Crippen molar-refractivity contribution in [1.29, 1.82) is 0 Å². The summed E-state index contributed by atoms with van der Waals surface area (Å²) in [4.78, 5) is 0. The number of hydrogen-bond donors (Lipinski definition) is 1. The lowest BCUT2D eigenvalue weighted by molar-refractivity contribution is 0.260. The van der Waals surface area contributed by atoms with Crippen LogP contribution in [0.1, 0.15) is 49.8 Å². The van der Waals surface area contributed by atoms with Crippen molar-refractivity contribution in [3.63, 3.8) is 0 Å². The van der Waals surface area contributed by atoms with Crippen molar-refractivity contribution in [1.82, 2.24) is 5.32 Å². The molecule has 1 aromatic carbocycles. The molecule has 0 bridgehead atoms. The Morgan fingerprint density at radius 3 is 2.76 bits per heavy atom. The first kappa shape index (κ1) is 12.6. The molecular weight excluding hydrogens is 213 g/mol. The Labute approximate surface area is 103 Å². The summed E-state index contributed by atoms with van der Waals surface area (Å²) in [6, 6.07) is 5.91. The predicted molar refractivity (Wildman–Crippen MR) is 69.5 cm³/mol. The van der Waals surface area contributed by atoms with Gasteiger partial charge >= 0.3 is 0 Å². The summed E-state index contributed by atoms with van der Waals surface area (Å²) in [5, 5.41) is 3.43. The fraction of sp³-hybridized carbons (Fsp3) is 0.600. The maximum absolute atomic E-state index is 14.1. The van der Waals surface area contributed by atoms with E-state index in [1.807, 2.05) is 25.1 Å². The van der Waals surface area contributed by atoms with Gasteiger partial charge in [0.2, 0.25) is 0 Å². The molecule has 0 saturated heterocycles. The molecule has 1 aromatic rings. The van der Waals surface area contributed by atoms with Crippen LogP contribution >= 0.6 is 0 Å². The maximum atomic E-state index is 14.1. The van der Waals surface area contributed by atoms with E-state index in [1.165, 1.54) is 19.3 Å². The van der Waals surface area contributed by atoms with Crippen molar-refractivity contribution >= 4 is 0 Å². The molecule has 1 fully saturated rings. The number of benzene rings is 1. The van der Waals surface area contributed by atoms with Crippen molar-refractivity contribution < 1.29 is 4.39 Å². The first-order chi connectivity index (χ1) is 8.22. The molecular formula is C15H22FN. The van der Waals surface area contributed by atoms with Crippen LogP contribution < -0.4 is 5.32 Å². The van der Waals surface area contributed by atoms with E-state index in [9.17, 15) is 4.39 Å². The molecule has 2 heteroatoms. The number of hydrogen-bond acceptors (Lipinski definition) is 1. The topological polar surface area (TPSA) is 12.0 Å². The van der Waals surface area contributed by atoms with E-state index < -0.39 is 0 Å². The molecule has 94 valence electrons. The fourth-order valence-corrected chi connectivity index (χ4v) is 2.57. The second-order valence-corrected chi connectivity index (χ2v) is 5.12. The molecule has 2 rings (SSSR count). The average molecular weight is 235 g/mol. The number of halogens is 1. The van der Waals surface area contributed by atoms with Gasteiger partial charge in [0.05, 0.1) is 0 Å². The summed E-state index contributed by atoms with van der Waals surface area (Å²) in [7, 11) is 0. The second-order valence-electron chi connectivity index (χ2n) is 5.12. The highest BCUT2D eigenvalue weighted by molar-refractivity contribution is 5.27. The lowest BCUT2D eigenvalue weighted by Gasteiger charge is -2.30. The van der Waals surface area contributed by atoms with E-state index >= 15 is 0 Å². The zero-order valence-corrected chi connectivity index (χ0v) is 10.8. The molecule has 1 aliphatic rings. The van der Waals surface area contributed by atoms with E-state index in [0.29, 0.717) is 0 Å². The lowest BCUT2D eigenvalue weighted by Crippen LogP contribution is -2.26. The molecule has 1 aliphatic carbocycles. The average Bonchev–Trinajstić information content (AvgIpc) is 2.26. The number of nitrogens with one attached hydrogen (secondary N) is 1. The van der Waals surface area contributed by atoms with Crippen LogP contribution in [0.15, 0.2) is 18.2 Å². The van der Waals surface area contributed by atoms with Gasteiger partial charge in [0.1, 0.15) is 5.82 Å². The standard InChI is InChI=1S/C15H22FN/c1-3-17-14(10-12-7-5-8-12)13-9-4-6-11(2)15(13)16/h4,6,9,12,14,17H,3,5,7-8,10H2,1-2H3. The highest BCUT2D eigenvalue weighted by atomic mass is 19.1. The smallest absolute Gasteiger partial charge is 0.130 e. The summed E-state index contributed by atoms with van der Waals surface area (Å²) in [5.41, 5.74) is 1.60. The van der Waals surface area contributed by atoms with E-state index in [4.69, 9.17) is 0 Å². The van der Waals surface area contributed by atoms with Crippen LogP contribution in [0.2, 0.25) is 0 Å². The van der Waals surface area contributed by atoms with E-state index in [2.05, 4.69) is 12.2 Å². The van der Waals surface area contributed by atoms with Gasteiger partial charge in [0.25, 0.3) is 0 Å². The van der Waals surface area contributed by atoms with Crippen molar-refractivity contribution in [2.45, 2.75) is 45.6 Å². The van der Waals surface area contributed by atoms with Crippen molar-refractivity contribution in [3.8, 4) is 0 Å². The quantitative estimate of drug-likeness (QED) is 0.814. The summed E-state index contributed by atoms with van der Waals surface area (Å²) >= 11 is 0. The molecule has 0 amide bonds. The third-order valence-electron chi connectivity index (χ3n) is 3.84. The molecule has 0 heterocycles. The van der Waals surface area contributed by atoms with Crippen LogP contribution in [0.5, 0.6) is 0 Å². The Morgan fingerprint density at radius 1 is 1.41 bits per heavy atom. The molecule has 0 aliphatic heterocycles. The minimum atomic E-state index is -0.0298. The van der Waals surface area contributed by atoms with Gasteiger partial charge in [-0.25, -0.2) is 4.39 Å². The lowest BCUT2D eigenvalue weighted by atomic mass is 9.79. The zero-order chi connectivity index (χ0) is 12.3. The minimum Gasteiger partial charge on any atom is -0.310 e. The van der Waals surface area contributed by atoms with Gasteiger partial charge in [-0.1, -0.05) is 44.4 Å². The third-order valence-corrected chi connectivity index (χ3v) is 3.84. The fourth-order valence-electron chi connectivity index (χ4n) is 2.57. The van der Waals surface area contributed by atoms with Gasteiger partial charge in [-0.05, 0) is 31.4 Å². The second kappa shape index (κ2) is 5.63. The summed E-state index contributed by atoms with van der Waals surface area (Å²) in [5.74, 6) is 0.761. The summed E-state index contributed by atoms with van der Waals surface area (Å²) in [6.45, 7) is 4.82. The zero-order valence-electron chi connectivity index (χ0n) is 10.8. The Bertz CT molecular complexity index is 371. The van der Waals surface area contributed by atoms with Gasteiger partial charge in [0.15, 0.2) is 0 Å². The molecule has 0 aromatic heterocycles. The van der Waals surface area contributed by atoms with Crippen LogP contribution in [0.4, 0.5) is 4.39 Å². The third kappa shape index (κ3) is 2.86. The van der Waals surface area contributed by atoms with Crippen LogP contribution in [-0.2, 0) is 0 Å². The molecule has 0 radical (unpaired) electrons. The molecule has 1 atom stereocenters. The molecule has 1 N–H and O–H groups in total. The molecule has 0 spiro atoms. The highest BCUT2D eigenvalue weighted by Crippen LogP contribution is 2.35. The molecule has 1 saturated carbocycles. The van der Waals surface area contributed by atoms with E-state index in [0.717, 1.165) is 30.0 Å². The summed E-state index contributed by atoms with van der Waals surface area (Å²) in [6.07, 6.45) is 5.05. The monoisotopic (exact) mass is 235 g/mol. The predicted octanol–water partition coefficient (Wildman–Crippen LogP) is 3.97. The Balaban J connectivity index is 2.15.